The summed E-state index contributed by atoms with van der Waals surface area (Å²) in [6.45, 7) is 0. The van der Waals surface area contributed by atoms with Crippen LogP contribution in [0, 0.1) is 0 Å². The Bertz CT molecular complexity index is 451. The van der Waals surface area contributed by atoms with E-state index in [4.69, 9.17) is 0 Å². The van der Waals surface area contributed by atoms with Gasteiger partial charge in [-0.2, -0.15) is 0 Å². The Balaban J connectivity index is 0.000000221. The maximum absolute atomic E-state index is 10.9. The minimum Gasteiger partial charge on any atom is -0.872 e. The molecule has 0 amide bonds. The van der Waals surface area contributed by atoms with E-state index in [1.165, 1.54) is 0 Å². The fraction of sp³-hybridized carbons (Fsp3) is 0.286. The molecule has 2 aromatic rings. The van der Waals surface area contributed by atoms with Crippen molar-refractivity contribution in [3.05, 3.63) is 42.5 Å². The number of hydrogen-bond donors (Lipinski definition) is 0. The molecule has 0 N–H and O–H groups in total. The van der Waals surface area contributed by atoms with E-state index in [1.54, 1.807) is 12.1 Å². The third-order valence-electron chi connectivity index (χ3n) is 1.72. The van der Waals surface area contributed by atoms with Gasteiger partial charge in [0.15, 0.2) is 0 Å². The first-order valence-corrected chi connectivity index (χ1v) is 5.31. The van der Waals surface area contributed by atoms with E-state index in [9.17, 15) is 5.11 Å². The van der Waals surface area contributed by atoms with Gasteiger partial charge in [-0.15, -0.1) is 5.75 Å². The van der Waals surface area contributed by atoms with Gasteiger partial charge in [0.25, 0.3) is 0 Å². The van der Waals surface area contributed by atoms with E-state index in [0.717, 1.165) is 15.3 Å². The van der Waals surface area contributed by atoms with Crippen LogP contribution in [-0.2, 0) is 0 Å². The van der Waals surface area contributed by atoms with E-state index >= 15 is 0 Å². The molecule has 2 rings (SSSR count). The molecule has 0 heterocycles. The minimum atomic E-state index is 0.0729. The van der Waals surface area contributed by atoms with Gasteiger partial charge in [0.1, 0.15) is 0 Å². The number of quaternary nitrogens is 1. The van der Waals surface area contributed by atoms with E-state index < -0.39 is 0 Å². The summed E-state index contributed by atoms with van der Waals surface area (Å²) in [4.78, 5) is 0. The van der Waals surface area contributed by atoms with Crippen molar-refractivity contribution in [3.8, 4) is 5.75 Å². The second-order valence-electron chi connectivity index (χ2n) is 5.19. The zero-order valence-electron chi connectivity index (χ0n) is 10.4. The molecule has 0 saturated heterocycles. The fourth-order valence-electron chi connectivity index (χ4n) is 1.17. The van der Waals surface area contributed by atoms with Gasteiger partial charge in [-0.05, 0) is 10.8 Å². The minimum absolute atomic E-state index is 0.0729. The van der Waals surface area contributed by atoms with Gasteiger partial charge in [-0.25, -0.2) is 0 Å². The van der Waals surface area contributed by atoms with E-state index in [2.05, 4.69) is 28.2 Å². The average molecular weight is 217 g/mol. The lowest BCUT2D eigenvalue weighted by Crippen LogP contribution is -2.27. The van der Waals surface area contributed by atoms with E-state index in [1.807, 2.05) is 30.3 Å². The van der Waals surface area contributed by atoms with Crippen molar-refractivity contribution in [2.75, 3.05) is 28.2 Å². The highest BCUT2D eigenvalue weighted by Crippen LogP contribution is 2.16. The second-order valence-corrected chi connectivity index (χ2v) is 5.19. The highest BCUT2D eigenvalue weighted by atomic mass is 16.3. The third-order valence-corrected chi connectivity index (χ3v) is 1.72. The summed E-state index contributed by atoms with van der Waals surface area (Å²) in [5.74, 6) is 0.0729. The maximum atomic E-state index is 10.9. The standard InChI is InChI=1S/C10H8O.C4H12N/c11-10-6-5-8-3-1-2-4-9(8)7-10;1-5(2,3)4/h1-7,11H;1-4H3/q;+1/p-1. The SMILES string of the molecule is C[N+](C)(C)C.[O-]c1ccc2ccccc2c1. The van der Waals surface area contributed by atoms with Crippen molar-refractivity contribution in [1.82, 2.24) is 0 Å². The summed E-state index contributed by atoms with van der Waals surface area (Å²) in [5, 5.41) is 13.0. The van der Waals surface area contributed by atoms with Gasteiger partial charge in [-0.1, -0.05) is 42.5 Å². The molecule has 0 aliphatic heterocycles. The third kappa shape index (κ3) is 4.80. The lowest BCUT2D eigenvalue weighted by Gasteiger charge is -2.14. The predicted molar refractivity (Wildman–Crippen MR) is 67.4 cm³/mol. The Morgan fingerprint density at radius 1 is 0.812 bits per heavy atom. The average Bonchev–Trinajstić information content (AvgIpc) is 2.15. The molecule has 2 heteroatoms. The Kier molecular flexibility index (Phi) is 3.91. The molecule has 0 aliphatic carbocycles. The Hall–Kier alpha value is -1.54. The van der Waals surface area contributed by atoms with Crippen LogP contribution in [0.15, 0.2) is 42.5 Å². The van der Waals surface area contributed by atoms with Crippen LogP contribution in [0.4, 0.5) is 0 Å². The number of hydrogen-bond acceptors (Lipinski definition) is 1. The van der Waals surface area contributed by atoms with Crippen molar-refractivity contribution >= 4 is 10.8 Å². The molecule has 16 heavy (non-hydrogen) atoms. The van der Waals surface area contributed by atoms with Crippen LogP contribution in [0.2, 0.25) is 0 Å². The molecule has 86 valence electrons. The van der Waals surface area contributed by atoms with Crippen LogP contribution in [0.3, 0.4) is 0 Å². The van der Waals surface area contributed by atoms with Crippen molar-refractivity contribution < 1.29 is 9.59 Å². The molecule has 0 spiro atoms. The van der Waals surface area contributed by atoms with E-state index in [-0.39, 0.29) is 5.75 Å². The van der Waals surface area contributed by atoms with Crippen molar-refractivity contribution in [3.63, 3.8) is 0 Å². The number of benzene rings is 2. The molecule has 0 radical (unpaired) electrons. The van der Waals surface area contributed by atoms with Crippen molar-refractivity contribution in [2.24, 2.45) is 0 Å². The van der Waals surface area contributed by atoms with Crippen LogP contribution in [0.1, 0.15) is 0 Å². The zero-order valence-corrected chi connectivity index (χ0v) is 10.4. The molecule has 0 atom stereocenters. The number of rotatable bonds is 0. The molecule has 0 fully saturated rings. The summed E-state index contributed by atoms with van der Waals surface area (Å²) >= 11 is 0. The number of fused-ring (bicyclic) bond motifs is 1. The molecule has 0 saturated carbocycles. The smallest absolute Gasteiger partial charge is 0.0675 e. The summed E-state index contributed by atoms with van der Waals surface area (Å²) < 4.78 is 1.00. The van der Waals surface area contributed by atoms with Crippen LogP contribution >= 0.6 is 0 Å². The molecular formula is C14H19NO. The van der Waals surface area contributed by atoms with Crippen molar-refractivity contribution in [2.45, 2.75) is 0 Å². The van der Waals surface area contributed by atoms with Crippen LogP contribution < -0.4 is 5.11 Å². The largest absolute Gasteiger partial charge is 0.872 e. The predicted octanol–water partition coefficient (Wildman–Crippen LogP) is 2.24. The van der Waals surface area contributed by atoms with Crippen LogP contribution in [0.5, 0.6) is 5.75 Å². The molecule has 2 nitrogen and oxygen atoms in total. The van der Waals surface area contributed by atoms with Gasteiger partial charge in [0.05, 0.1) is 28.2 Å². The first-order valence-electron chi connectivity index (χ1n) is 5.31. The van der Waals surface area contributed by atoms with Crippen LogP contribution in [0.25, 0.3) is 10.8 Å². The second kappa shape index (κ2) is 4.99. The topological polar surface area (TPSA) is 23.1 Å². The van der Waals surface area contributed by atoms with Gasteiger partial charge >= 0.3 is 0 Å². The lowest BCUT2D eigenvalue weighted by atomic mass is 10.1. The summed E-state index contributed by atoms with van der Waals surface area (Å²) in [7, 11) is 8.50. The molecule has 0 unspecified atom stereocenters. The van der Waals surface area contributed by atoms with Gasteiger partial charge < -0.3 is 9.59 Å². The number of nitrogens with zero attached hydrogens (tertiary/aromatic N) is 1. The van der Waals surface area contributed by atoms with Gasteiger partial charge in [0.2, 0.25) is 0 Å². The highest BCUT2D eigenvalue weighted by Gasteiger charge is 1.88. The first-order chi connectivity index (χ1) is 7.36. The summed E-state index contributed by atoms with van der Waals surface area (Å²) in [6.07, 6.45) is 0. The Labute approximate surface area is 97.3 Å². The van der Waals surface area contributed by atoms with E-state index in [0.29, 0.717) is 0 Å². The maximum Gasteiger partial charge on any atom is 0.0675 e. The van der Waals surface area contributed by atoms with Gasteiger partial charge in [-0.3, -0.25) is 0 Å². The lowest BCUT2D eigenvalue weighted by molar-refractivity contribution is -0.849. The molecule has 0 bridgehead atoms. The fourth-order valence-corrected chi connectivity index (χ4v) is 1.17. The van der Waals surface area contributed by atoms with Gasteiger partial charge in [0, 0.05) is 0 Å². The highest BCUT2D eigenvalue weighted by molar-refractivity contribution is 5.83. The molecule has 0 aliphatic rings. The molecule has 0 aromatic heterocycles. The normalized spacial score (nSPS) is 10.8. The van der Waals surface area contributed by atoms with Crippen molar-refractivity contribution in [1.29, 1.82) is 0 Å². The molecule has 2 aromatic carbocycles. The summed E-state index contributed by atoms with van der Waals surface area (Å²) in [6, 6.07) is 12.9. The van der Waals surface area contributed by atoms with Crippen LogP contribution in [-0.4, -0.2) is 32.7 Å². The summed E-state index contributed by atoms with van der Waals surface area (Å²) in [5.41, 5.74) is 0. The monoisotopic (exact) mass is 217 g/mol. The quantitative estimate of drug-likeness (QED) is 0.621. The molecular weight excluding hydrogens is 198 g/mol. The Morgan fingerprint density at radius 2 is 1.31 bits per heavy atom. The zero-order chi connectivity index (χ0) is 12.2. The Morgan fingerprint density at radius 3 is 1.88 bits per heavy atom. The first kappa shape index (κ1) is 12.5.